The minimum absolute atomic E-state index is 0.477. The maximum atomic E-state index is 8.84. The summed E-state index contributed by atoms with van der Waals surface area (Å²) in [5.74, 6) is 1.86. The van der Waals surface area contributed by atoms with Crippen molar-refractivity contribution < 1.29 is 0 Å². The lowest BCUT2D eigenvalue weighted by Crippen LogP contribution is -2.15. The first-order chi connectivity index (χ1) is 14.6. The van der Waals surface area contributed by atoms with E-state index >= 15 is 0 Å². The number of nitriles is 1. The smallest absolute Gasteiger partial charge is 0.163 e. The van der Waals surface area contributed by atoms with E-state index in [4.69, 9.17) is 28.5 Å². The van der Waals surface area contributed by atoms with Gasteiger partial charge in [-0.3, -0.25) is 4.98 Å². The highest BCUT2D eigenvalue weighted by atomic mass is 35.5. The van der Waals surface area contributed by atoms with Gasteiger partial charge in [0, 0.05) is 41.5 Å². The van der Waals surface area contributed by atoms with Gasteiger partial charge >= 0.3 is 0 Å². The monoisotopic (exact) mass is 435 g/mol. The Morgan fingerprint density at radius 2 is 1.83 bits per heavy atom. The van der Waals surface area contributed by atoms with Crippen molar-refractivity contribution in [3.05, 3.63) is 70.6 Å². The molecular weight excluding hydrogens is 421 g/mol. The van der Waals surface area contributed by atoms with Gasteiger partial charge in [-0.15, -0.1) is 0 Å². The summed E-state index contributed by atoms with van der Waals surface area (Å²) in [5.41, 5.74) is 1.92. The van der Waals surface area contributed by atoms with Gasteiger partial charge in [0.2, 0.25) is 0 Å². The second-order valence-corrected chi connectivity index (χ2v) is 7.15. The van der Waals surface area contributed by atoms with E-state index in [1.807, 2.05) is 12.1 Å². The van der Waals surface area contributed by atoms with Gasteiger partial charge in [0.05, 0.1) is 22.3 Å². The molecule has 3 aromatic heterocycles. The molecule has 4 aromatic rings. The number of rotatable bonds is 6. The maximum absolute atomic E-state index is 8.84. The standard InChI is InChI=1S/C21H15Cl2N7/c22-14-2-3-15(17(23)9-14)21-29-18-12-25-6-5-16(18)20(30-21)27-8-7-26-19-4-1-13(10-24)11-28-19/h1-6,9,11-12H,7-8H2,(H,26,28)(H,27,29,30). The van der Waals surface area contributed by atoms with Crippen LogP contribution in [0, 0.1) is 11.3 Å². The summed E-state index contributed by atoms with van der Waals surface area (Å²) >= 11 is 12.4. The summed E-state index contributed by atoms with van der Waals surface area (Å²) < 4.78 is 0. The minimum Gasteiger partial charge on any atom is -0.368 e. The average molecular weight is 436 g/mol. The highest BCUT2D eigenvalue weighted by molar-refractivity contribution is 6.36. The van der Waals surface area contributed by atoms with Gasteiger partial charge in [0.15, 0.2) is 5.82 Å². The van der Waals surface area contributed by atoms with E-state index in [9.17, 15) is 0 Å². The van der Waals surface area contributed by atoms with Crippen molar-refractivity contribution in [2.24, 2.45) is 0 Å². The van der Waals surface area contributed by atoms with Crippen molar-refractivity contribution in [3.8, 4) is 17.5 Å². The second kappa shape index (κ2) is 8.91. The molecule has 0 aliphatic heterocycles. The largest absolute Gasteiger partial charge is 0.368 e. The number of hydrogen-bond acceptors (Lipinski definition) is 7. The van der Waals surface area contributed by atoms with Crippen LogP contribution in [-0.2, 0) is 0 Å². The Morgan fingerprint density at radius 1 is 0.967 bits per heavy atom. The van der Waals surface area contributed by atoms with E-state index in [2.05, 4.69) is 30.6 Å². The van der Waals surface area contributed by atoms with Crippen LogP contribution in [0.15, 0.2) is 55.0 Å². The fourth-order valence-corrected chi connectivity index (χ4v) is 3.34. The summed E-state index contributed by atoms with van der Waals surface area (Å²) in [7, 11) is 0. The molecule has 148 valence electrons. The van der Waals surface area contributed by atoms with Crippen molar-refractivity contribution in [3.63, 3.8) is 0 Å². The molecule has 3 heterocycles. The molecule has 0 saturated carbocycles. The zero-order valence-corrected chi connectivity index (χ0v) is 17.1. The molecule has 2 N–H and O–H groups in total. The number of pyridine rings is 2. The van der Waals surface area contributed by atoms with Crippen molar-refractivity contribution in [1.82, 2.24) is 19.9 Å². The maximum Gasteiger partial charge on any atom is 0.163 e. The molecular formula is C21H15Cl2N7. The molecule has 1 aromatic carbocycles. The number of hydrogen-bond donors (Lipinski definition) is 2. The average Bonchev–Trinajstić information content (AvgIpc) is 2.77. The number of nitrogens with zero attached hydrogens (tertiary/aromatic N) is 5. The number of benzene rings is 1. The molecule has 0 amide bonds. The van der Waals surface area contributed by atoms with Crippen LogP contribution in [0.2, 0.25) is 10.0 Å². The van der Waals surface area contributed by atoms with Gasteiger partial charge in [-0.1, -0.05) is 23.2 Å². The highest BCUT2D eigenvalue weighted by Gasteiger charge is 2.12. The normalized spacial score (nSPS) is 10.6. The summed E-state index contributed by atoms with van der Waals surface area (Å²) in [6.07, 6.45) is 4.92. The third-order valence-corrected chi connectivity index (χ3v) is 4.84. The molecule has 0 radical (unpaired) electrons. The number of nitrogens with one attached hydrogen (secondary N) is 2. The molecule has 0 spiro atoms. The van der Waals surface area contributed by atoms with Crippen LogP contribution < -0.4 is 10.6 Å². The van der Waals surface area contributed by atoms with Gasteiger partial charge < -0.3 is 10.6 Å². The fourth-order valence-electron chi connectivity index (χ4n) is 2.84. The number of halogens is 2. The summed E-state index contributed by atoms with van der Waals surface area (Å²) in [6, 6.07) is 12.6. The lowest BCUT2D eigenvalue weighted by molar-refractivity contribution is 1.04. The van der Waals surface area contributed by atoms with Crippen LogP contribution in [0.5, 0.6) is 0 Å². The first-order valence-electron chi connectivity index (χ1n) is 9.05. The van der Waals surface area contributed by atoms with E-state index in [-0.39, 0.29) is 0 Å². The first kappa shape index (κ1) is 19.8. The molecule has 9 heteroatoms. The number of aromatic nitrogens is 4. The van der Waals surface area contributed by atoms with Gasteiger partial charge in [-0.05, 0) is 36.4 Å². The number of fused-ring (bicyclic) bond motifs is 1. The molecule has 4 rings (SSSR count). The van der Waals surface area contributed by atoms with Crippen molar-refractivity contribution in [2.45, 2.75) is 0 Å². The third kappa shape index (κ3) is 4.40. The zero-order chi connectivity index (χ0) is 20.9. The topological polar surface area (TPSA) is 99.4 Å². The predicted octanol–water partition coefficient (Wildman–Crippen LogP) is 4.79. The van der Waals surface area contributed by atoms with E-state index in [1.54, 1.807) is 42.7 Å². The number of anilines is 2. The molecule has 30 heavy (non-hydrogen) atoms. The minimum atomic E-state index is 0.477. The van der Waals surface area contributed by atoms with Gasteiger partial charge in [-0.2, -0.15) is 5.26 Å². The van der Waals surface area contributed by atoms with Crippen molar-refractivity contribution in [2.75, 3.05) is 23.7 Å². The predicted molar refractivity (Wildman–Crippen MR) is 119 cm³/mol. The van der Waals surface area contributed by atoms with Crippen LogP contribution >= 0.6 is 23.2 Å². The van der Waals surface area contributed by atoms with Gasteiger partial charge in [-0.25, -0.2) is 15.0 Å². The Labute approximate surface area is 182 Å². The molecule has 7 nitrogen and oxygen atoms in total. The fraction of sp³-hybridized carbons (Fsp3) is 0.0952. The lowest BCUT2D eigenvalue weighted by atomic mass is 10.2. The van der Waals surface area contributed by atoms with E-state index in [0.29, 0.717) is 57.2 Å². The van der Waals surface area contributed by atoms with Crippen LogP contribution in [0.4, 0.5) is 11.6 Å². The quantitative estimate of drug-likeness (QED) is 0.419. The molecule has 0 aliphatic rings. The van der Waals surface area contributed by atoms with Gasteiger partial charge in [0.25, 0.3) is 0 Å². The summed E-state index contributed by atoms with van der Waals surface area (Å²) in [4.78, 5) is 17.6. The molecule has 0 atom stereocenters. The van der Waals surface area contributed by atoms with Crippen LogP contribution in [0.3, 0.4) is 0 Å². The Bertz CT molecular complexity index is 1240. The van der Waals surface area contributed by atoms with Crippen molar-refractivity contribution in [1.29, 1.82) is 5.26 Å². The Balaban J connectivity index is 1.54. The molecule has 0 fully saturated rings. The summed E-state index contributed by atoms with van der Waals surface area (Å²) in [6.45, 7) is 1.19. The lowest BCUT2D eigenvalue weighted by Gasteiger charge is -2.12. The van der Waals surface area contributed by atoms with Crippen molar-refractivity contribution >= 4 is 45.7 Å². The van der Waals surface area contributed by atoms with E-state index < -0.39 is 0 Å². The summed E-state index contributed by atoms with van der Waals surface area (Å²) in [5, 5.41) is 17.3. The molecule has 0 aliphatic carbocycles. The first-order valence-corrected chi connectivity index (χ1v) is 9.81. The SMILES string of the molecule is N#Cc1ccc(NCCNc2nc(-c3ccc(Cl)cc3Cl)nc3cnccc23)nc1. The zero-order valence-electron chi connectivity index (χ0n) is 15.6. The van der Waals surface area contributed by atoms with Crippen LogP contribution in [-0.4, -0.2) is 33.0 Å². The van der Waals surface area contributed by atoms with Crippen LogP contribution in [0.25, 0.3) is 22.3 Å². The molecule has 0 bridgehead atoms. The Hall–Kier alpha value is -3.47. The second-order valence-electron chi connectivity index (χ2n) is 6.31. The van der Waals surface area contributed by atoms with E-state index in [0.717, 1.165) is 5.39 Å². The Kier molecular flexibility index (Phi) is 5.89. The molecule has 0 saturated heterocycles. The van der Waals surface area contributed by atoms with Gasteiger partial charge in [0.1, 0.15) is 17.7 Å². The van der Waals surface area contributed by atoms with E-state index in [1.165, 1.54) is 6.20 Å². The highest BCUT2D eigenvalue weighted by Crippen LogP contribution is 2.30. The Morgan fingerprint density at radius 3 is 2.60 bits per heavy atom. The van der Waals surface area contributed by atoms with Crippen LogP contribution in [0.1, 0.15) is 5.56 Å². The third-order valence-electron chi connectivity index (χ3n) is 4.29. The molecule has 0 unspecified atom stereocenters.